The highest BCUT2D eigenvalue weighted by Gasteiger charge is 2.03. The number of ether oxygens (including phenoxy) is 2. The van der Waals surface area contributed by atoms with E-state index in [2.05, 4.69) is 17.2 Å². The fraction of sp³-hybridized carbons (Fsp3) is 0.643. The molecule has 18 heavy (non-hydrogen) atoms. The first-order valence-corrected chi connectivity index (χ1v) is 6.57. The van der Waals surface area contributed by atoms with E-state index in [1.165, 1.54) is 0 Å². The number of nitrogens with one attached hydrogen (secondary N) is 1. The standard InChI is InChI=1S/C14H24N2O2/c1-4-13-14(7-6-12(2)16-13)18-11-9-15-8-5-10-17-3/h6-7,15H,4-5,8-11H2,1-3H3. The molecule has 102 valence electrons. The zero-order chi connectivity index (χ0) is 13.2. The molecular weight excluding hydrogens is 228 g/mol. The smallest absolute Gasteiger partial charge is 0.140 e. The van der Waals surface area contributed by atoms with Crippen LogP contribution in [0.25, 0.3) is 0 Å². The summed E-state index contributed by atoms with van der Waals surface area (Å²) in [6, 6.07) is 3.99. The molecule has 0 aliphatic carbocycles. The van der Waals surface area contributed by atoms with Gasteiger partial charge in [0.15, 0.2) is 0 Å². The van der Waals surface area contributed by atoms with Crippen molar-refractivity contribution in [1.29, 1.82) is 0 Å². The lowest BCUT2D eigenvalue weighted by Gasteiger charge is -2.11. The van der Waals surface area contributed by atoms with Crippen molar-refractivity contribution in [1.82, 2.24) is 10.3 Å². The molecule has 4 nitrogen and oxygen atoms in total. The molecule has 0 radical (unpaired) electrons. The molecule has 0 unspecified atom stereocenters. The Morgan fingerprint density at radius 3 is 2.78 bits per heavy atom. The SMILES string of the molecule is CCc1nc(C)ccc1OCCNCCCOC. The molecule has 0 aliphatic heterocycles. The zero-order valence-electron chi connectivity index (χ0n) is 11.7. The molecule has 0 aliphatic rings. The van der Waals surface area contributed by atoms with E-state index >= 15 is 0 Å². The number of rotatable bonds is 9. The fourth-order valence-corrected chi connectivity index (χ4v) is 1.68. The summed E-state index contributed by atoms with van der Waals surface area (Å²) in [5, 5.41) is 3.31. The van der Waals surface area contributed by atoms with Crippen LogP contribution in [0.3, 0.4) is 0 Å². The fourth-order valence-electron chi connectivity index (χ4n) is 1.68. The molecule has 1 rings (SSSR count). The van der Waals surface area contributed by atoms with Gasteiger partial charge in [-0.1, -0.05) is 6.92 Å². The predicted octanol–water partition coefficient (Wildman–Crippen LogP) is 1.96. The Hall–Kier alpha value is -1.13. The Kier molecular flexibility index (Phi) is 7.37. The summed E-state index contributed by atoms with van der Waals surface area (Å²) in [5.74, 6) is 0.904. The van der Waals surface area contributed by atoms with Crippen molar-refractivity contribution in [3.63, 3.8) is 0 Å². The summed E-state index contributed by atoms with van der Waals surface area (Å²) < 4.78 is 10.7. The number of methoxy groups -OCH3 is 1. The second-order valence-electron chi connectivity index (χ2n) is 4.20. The van der Waals surface area contributed by atoms with E-state index in [9.17, 15) is 0 Å². The van der Waals surface area contributed by atoms with Gasteiger partial charge >= 0.3 is 0 Å². The van der Waals surface area contributed by atoms with Crippen LogP contribution >= 0.6 is 0 Å². The van der Waals surface area contributed by atoms with Crippen molar-refractivity contribution in [2.75, 3.05) is 33.4 Å². The van der Waals surface area contributed by atoms with Gasteiger partial charge in [0.2, 0.25) is 0 Å². The highest BCUT2D eigenvalue weighted by atomic mass is 16.5. The summed E-state index contributed by atoms with van der Waals surface area (Å²) in [7, 11) is 1.72. The molecule has 0 bridgehead atoms. The molecule has 0 aromatic carbocycles. The molecule has 4 heteroatoms. The molecule has 0 spiro atoms. The zero-order valence-corrected chi connectivity index (χ0v) is 11.7. The Labute approximate surface area is 110 Å². The molecule has 0 amide bonds. The minimum absolute atomic E-state index is 0.671. The average molecular weight is 252 g/mol. The number of aryl methyl sites for hydroxylation is 2. The number of aromatic nitrogens is 1. The number of nitrogens with zero attached hydrogens (tertiary/aromatic N) is 1. The van der Waals surface area contributed by atoms with Crippen LogP contribution in [0.5, 0.6) is 5.75 Å². The molecule has 1 aromatic heterocycles. The van der Waals surface area contributed by atoms with Gasteiger partial charge in [0, 0.05) is 26.0 Å². The van der Waals surface area contributed by atoms with Crippen molar-refractivity contribution >= 4 is 0 Å². The average Bonchev–Trinajstić information content (AvgIpc) is 2.39. The van der Waals surface area contributed by atoms with Crippen LogP contribution in [0.2, 0.25) is 0 Å². The van der Waals surface area contributed by atoms with Crippen LogP contribution in [0.4, 0.5) is 0 Å². The van der Waals surface area contributed by atoms with Gasteiger partial charge in [0.05, 0.1) is 5.69 Å². The van der Waals surface area contributed by atoms with Gasteiger partial charge < -0.3 is 14.8 Å². The van der Waals surface area contributed by atoms with E-state index < -0.39 is 0 Å². The first kappa shape index (κ1) is 14.9. The van der Waals surface area contributed by atoms with Crippen LogP contribution in [0.1, 0.15) is 24.7 Å². The number of pyridine rings is 1. The van der Waals surface area contributed by atoms with Crippen molar-refractivity contribution in [2.45, 2.75) is 26.7 Å². The lowest BCUT2D eigenvalue weighted by molar-refractivity contribution is 0.193. The van der Waals surface area contributed by atoms with Crippen LogP contribution in [-0.2, 0) is 11.2 Å². The van der Waals surface area contributed by atoms with E-state index in [1.54, 1.807) is 7.11 Å². The summed E-state index contributed by atoms with van der Waals surface area (Å²) in [6.45, 7) is 7.38. The third-order valence-corrected chi connectivity index (χ3v) is 2.64. The molecule has 1 N–H and O–H groups in total. The largest absolute Gasteiger partial charge is 0.490 e. The molecular formula is C14H24N2O2. The Bertz CT molecular complexity index is 343. The lowest BCUT2D eigenvalue weighted by atomic mass is 10.2. The first-order valence-electron chi connectivity index (χ1n) is 6.57. The van der Waals surface area contributed by atoms with Crippen LogP contribution < -0.4 is 10.1 Å². The normalized spacial score (nSPS) is 10.6. The Morgan fingerprint density at radius 1 is 1.22 bits per heavy atom. The summed E-state index contributed by atoms with van der Waals surface area (Å²) in [4.78, 5) is 4.47. The van der Waals surface area contributed by atoms with Crippen molar-refractivity contribution < 1.29 is 9.47 Å². The second-order valence-corrected chi connectivity index (χ2v) is 4.20. The van der Waals surface area contributed by atoms with Gasteiger partial charge in [0.1, 0.15) is 12.4 Å². The number of hydrogen-bond acceptors (Lipinski definition) is 4. The molecule has 0 saturated heterocycles. The van der Waals surface area contributed by atoms with E-state index in [1.807, 2.05) is 19.1 Å². The quantitative estimate of drug-likeness (QED) is 0.682. The van der Waals surface area contributed by atoms with Gasteiger partial charge in [0.25, 0.3) is 0 Å². The molecule has 0 atom stereocenters. The predicted molar refractivity (Wildman–Crippen MR) is 73.2 cm³/mol. The van der Waals surface area contributed by atoms with Crippen molar-refractivity contribution in [3.05, 3.63) is 23.5 Å². The van der Waals surface area contributed by atoms with E-state index in [4.69, 9.17) is 9.47 Å². The maximum Gasteiger partial charge on any atom is 0.140 e. The summed E-state index contributed by atoms with van der Waals surface area (Å²) >= 11 is 0. The molecule has 1 aromatic rings. The second kappa shape index (κ2) is 8.89. The Morgan fingerprint density at radius 2 is 2.06 bits per heavy atom. The van der Waals surface area contributed by atoms with E-state index in [0.29, 0.717) is 6.61 Å². The van der Waals surface area contributed by atoms with Gasteiger partial charge in [-0.25, -0.2) is 0 Å². The summed E-state index contributed by atoms with van der Waals surface area (Å²) in [5.41, 5.74) is 2.08. The lowest BCUT2D eigenvalue weighted by Crippen LogP contribution is -2.23. The maximum atomic E-state index is 5.73. The monoisotopic (exact) mass is 252 g/mol. The topological polar surface area (TPSA) is 43.4 Å². The minimum Gasteiger partial charge on any atom is -0.490 e. The Balaban J connectivity index is 2.22. The van der Waals surface area contributed by atoms with Gasteiger partial charge in [-0.05, 0) is 38.4 Å². The highest BCUT2D eigenvalue weighted by molar-refractivity contribution is 5.29. The van der Waals surface area contributed by atoms with Gasteiger partial charge in [-0.3, -0.25) is 4.98 Å². The van der Waals surface area contributed by atoms with E-state index in [0.717, 1.165) is 49.7 Å². The summed E-state index contributed by atoms with van der Waals surface area (Å²) in [6.07, 6.45) is 1.93. The molecule has 0 fully saturated rings. The van der Waals surface area contributed by atoms with Crippen LogP contribution in [0, 0.1) is 6.92 Å². The first-order chi connectivity index (χ1) is 8.77. The van der Waals surface area contributed by atoms with Gasteiger partial charge in [-0.15, -0.1) is 0 Å². The minimum atomic E-state index is 0.671. The maximum absolute atomic E-state index is 5.73. The highest BCUT2D eigenvalue weighted by Crippen LogP contribution is 2.16. The molecule has 0 saturated carbocycles. The van der Waals surface area contributed by atoms with Gasteiger partial charge in [-0.2, -0.15) is 0 Å². The van der Waals surface area contributed by atoms with Crippen LogP contribution in [0.15, 0.2) is 12.1 Å². The van der Waals surface area contributed by atoms with E-state index in [-0.39, 0.29) is 0 Å². The van der Waals surface area contributed by atoms with Crippen molar-refractivity contribution in [2.24, 2.45) is 0 Å². The number of hydrogen-bond donors (Lipinski definition) is 1. The van der Waals surface area contributed by atoms with Crippen molar-refractivity contribution in [3.8, 4) is 5.75 Å². The molecule has 1 heterocycles. The van der Waals surface area contributed by atoms with Crippen LogP contribution in [-0.4, -0.2) is 38.4 Å². The third-order valence-electron chi connectivity index (χ3n) is 2.64. The third kappa shape index (κ3) is 5.47.